The van der Waals surface area contributed by atoms with Crippen LogP contribution in [0.25, 0.3) is 0 Å². The number of hydrogen-bond acceptors (Lipinski definition) is 4. The predicted octanol–water partition coefficient (Wildman–Crippen LogP) is 2.61. The van der Waals surface area contributed by atoms with E-state index >= 15 is 0 Å². The van der Waals surface area contributed by atoms with Gasteiger partial charge in [0.15, 0.2) is 0 Å². The molecule has 1 aromatic carbocycles. The average molecular weight is 343 g/mol. The van der Waals surface area contributed by atoms with Crippen molar-refractivity contribution in [1.29, 1.82) is 0 Å². The smallest absolute Gasteiger partial charge is 0.249 e. The summed E-state index contributed by atoms with van der Waals surface area (Å²) in [6.45, 7) is 4.63. The summed E-state index contributed by atoms with van der Waals surface area (Å²) in [5, 5.41) is 5.70. The Morgan fingerprint density at radius 2 is 2.08 bits per heavy atom. The van der Waals surface area contributed by atoms with Crippen LogP contribution in [0.5, 0.6) is 0 Å². The van der Waals surface area contributed by atoms with Crippen molar-refractivity contribution in [2.75, 3.05) is 11.4 Å². The summed E-state index contributed by atoms with van der Waals surface area (Å²) in [7, 11) is 0. The molecule has 1 N–H and O–H groups in total. The van der Waals surface area contributed by atoms with E-state index in [2.05, 4.69) is 10.3 Å². The van der Waals surface area contributed by atoms with Gasteiger partial charge in [-0.3, -0.25) is 9.59 Å². The number of rotatable bonds is 4. The maximum Gasteiger partial charge on any atom is 0.249 e. The largest absolute Gasteiger partial charge is 0.344 e. The molecule has 6 heteroatoms. The Bertz CT molecular complexity index is 739. The fourth-order valence-corrected chi connectivity index (χ4v) is 3.50. The SMILES string of the molecule is Cc1ccc(N2CCC[C@H](NC(=O)Cc3csc(C)n3)C2=O)cc1. The Morgan fingerprint density at radius 3 is 2.75 bits per heavy atom. The first-order valence-corrected chi connectivity index (χ1v) is 8.99. The molecule has 24 heavy (non-hydrogen) atoms. The van der Waals surface area contributed by atoms with E-state index in [1.807, 2.05) is 43.5 Å². The molecule has 1 fully saturated rings. The molecule has 1 saturated heterocycles. The predicted molar refractivity (Wildman–Crippen MR) is 95.3 cm³/mol. The van der Waals surface area contributed by atoms with Gasteiger partial charge in [-0.15, -0.1) is 11.3 Å². The fraction of sp³-hybridized carbons (Fsp3) is 0.389. The first-order chi connectivity index (χ1) is 11.5. The number of benzene rings is 1. The zero-order valence-electron chi connectivity index (χ0n) is 13.9. The van der Waals surface area contributed by atoms with Crippen LogP contribution in [0.15, 0.2) is 29.6 Å². The van der Waals surface area contributed by atoms with Crippen molar-refractivity contribution in [1.82, 2.24) is 10.3 Å². The summed E-state index contributed by atoms with van der Waals surface area (Å²) < 4.78 is 0. The minimum Gasteiger partial charge on any atom is -0.344 e. The van der Waals surface area contributed by atoms with E-state index in [-0.39, 0.29) is 18.2 Å². The molecule has 3 rings (SSSR count). The van der Waals surface area contributed by atoms with Gasteiger partial charge >= 0.3 is 0 Å². The van der Waals surface area contributed by atoms with Gasteiger partial charge in [-0.2, -0.15) is 0 Å². The van der Waals surface area contributed by atoms with E-state index in [0.29, 0.717) is 13.0 Å². The molecule has 126 valence electrons. The minimum atomic E-state index is -0.452. The van der Waals surface area contributed by atoms with Crippen molar-refractivity contribution in [3.05, 3.63) is 45.9 Å². The van der Waals surface area contributed by atoms with Gasteiger partial charge in [-0.05, 0) is 38.8 Å². The molecule has 2 amide bonds. The zero-order chi connectivity index (χ0) is 17.1. The van der Waals surface area contributed by atoms with Gasteiger partial charge in [0.05, 0.1) is 17.1 Å². The van der Waals surface area contributed by atoms with Crippen LogP contribution in [0.4, 0.5) is 5.69 Å². The second-order valence-corrected chi connectivity index (χ2v) is 7.18. The molecular formula is C18H21N3O2S. The van der Waals surface area contributed by atoms with Gasteiger partial charge in [0.25, 0.3) is 0 Å². The third-order valence-corrected chi connectivity index (χ3v) is 4.95. The number of anilines is 1. The monoisotopic (exact) mass is 343 g/mol. The lowest BCUT2D eigenvalue weighted by atomic mass is 10.0. The first-order valence-electron chi connectivity index (χ1n) is 8.11. The van der Waals surface area contributed by atoms with Gasteiger partial charge in [-0.25, -0.2) is 4.98 Å². The van der Waals surface area contributed by atoms with Crippen molar-refractivity contribution in [2.45, 2.75) is 39.2 Å². The van der Waals surface area contributed by atoms with Gasteiger partial charge < -0.3 is 10.2 Å². The normalized spacial score (nSPS) is 17.8. The third-order valence-electron chi connectivity index (χ3n) is 4.13. The molecule has 0 bridgehead atoms. The van der Waals surface area contributed by atoms with Crippen LogP contribution >= 0.6 is 11.3 Å². The molecule has 2 heterocycles. The Hall–Kier alpha value is -2.21. The van der Waals surface area contributed by atoms with Crippen LogP contribution in [0.3, 0.4) is 0 Å². The second kappa shape index (κ2) is 7.13. The number of amides is 2. The molecule has 0 radical (unpaired) electrons. The maximum absolute atomic E-state index is 12.7. The zero-order valence-corrected chi connectivity index (χ0v) is 14.7. The van der Waals surface area contributed by atoms with E-state index in [0.717, 1.165) is 28.4 Å². The number of nitrogens with zero attached hydrogens (tertiary/aromatic N) is 2. The van der Waals surface area contributed by atoms with Crippen LogP contribution in [0.1, 0.15) is 29.1 Å². The molecule has 1 aliphatic heterocycles. The molecule has 0 aliphatic carbocycles. The standard InChI is InChI=1S/C18H21N3O2S/c1-12-5-7-15(8-6-12)21-9-3-4-16(18(21)23)20-17(22)10-14-11-24-13(2)19-14/h5-8,11,16H,3-4,9-10H2,1-2H3,(H,20,22)/t16-/m0/s1. The average Bonchev–Trinajstić information content (AvgIpc) is 2.95. The summed E-state index contributed by atoms with van der Waals surface area (Å²) in [5.74, 6) is -0.183. The van der Waals surface area contributed by atoms with Crippen molar-refractivity contribution in [3.8, 4) is 0 Å². The van der Waals surface area contributed by atoms with Crippen LogP contribution in [0, 0.1) is 13.8 Å². The summed E-state index contributed by atoms with van der Waals surface area (Å²) in [6, 6.07) is 7.45. The lowest BCUT2D eigenvalue weighted by Gasteiger charge is -2.32. The number of carbonyl (C=O) groups excluding carboxylic acids is 2. The Kier molecular flexibility index (Phi) is 4.94. The Morgan fingerprint density at radius 1 is 1.33 bits per heavy atom. The van der Waals surface area contributed by atoms with Crippen LogP contribution in [-0.2, 0) is 16.0 Å². The van der Waals surface area contributed by atoms with E-state index in [4.69, 9.17) is 0 Å². The highest BCUT2D eigenvalue weighted by molar-refractivity contribution is 7.09. The highest BCUT2D eigenvalue weighted by Gasteiger charge is 2.30. The molecule has 1 aliphatic rings. The molecule has 5 nitrogen and oxygen atoms in total. The minimum absolute atomic E-state index is 0.0343. The van der Waals surface area contributed by atoms with E-state index < -0.39 is 6.04 Å². The molecule has 1 aromatic heterocycles. The molecule has 0 spiro atoms. The van der Waals surface area contributed by atoms with Gasteiger partial charge in [-0.1, -0.05) is 17.7 Å². The summed E-state index contributed by atoms with van der Waals surface area (Å²) in [6.07, 6.45) is 1.78. The van der Waals surface area contributed by atoms with Gasteiger partial charge in [0.1, 0.15) is 6.04 Å². The van der Waals surface area contributed by atoms with E-state index in [1.54, 1.807) is 4.90 Å². The lowest BCUT2D eigenvalue weighted by molar-refractivity contribution is -0.128. The molecule has 0 saturated carbocycles. The van der Waals surface area contributed by atoms with Gasteiger partial charge in [0.2, 0.25) is 11.8 Å². The van der Waals surface area contributed by atoms with Crippen molar-refractivity contribution in [2.24, 2.45) is 0 Å². The Labute approximate surface area is 145 Å². The van der Waals surface area contributed by atoms with Gasteiger partial charge in [0, 0.05) is 17.6 Å². The van der Waals surface area contributed by atoms with Crippen LogP contribution < -0.4 is 10.2 Å². The summed E-state index contributed by atoms with van der Waals surface area (Å²) in [4.78, 5) is 31.0. The maximum atomic E-state index is 12.7. The summed E-state index contributed by atoms with van der Waals surface area (Å²) in [5.41, 5.74) is 2.81. The number of nitrogens with one attached hydrogen (secondary N) is 1. The number of aromatic nitrogens is 1. The lowest BCUT2D eigenvalue weighted by Crippen LogP contribution is -2.52. The fourth-order valence-electron chi connectivity index (χ4n) is 2.89. The van der Waals surface area contributed by atoms with Crippen LogP contribution in [-0.4, -0.2) is 29.4 Å². The molecule has 0 unspecified atom stereocenters. The molecule has 1 atom stereocenters. The van der Waals surface area contributed by atoms with Crippen LogP contribution in [0.2, 0.25) is 0 Å². The second-order valence-electron chi connectivity index (χ2n) is 6.12. The number of hydrogen-bond donors (Lipinski definition) is 1. The first kappa shape index (κ1) is 16.6. The van der Waals surface area contributed by atoms with Crippen molar-refractivity contribution >= 4 is 28.8 Å². The summed E-state index contributed by atoms with van der Waals surface area (Å²) >= 11 is 1.53. The van der Waals surface area contributed by atoms with Crippen molar-refractivity contribution in [3.63, 3.8) is 0 Å². The highest BCUT2D eigenvalue weighted by atomic mass is 32.1. The number of piperidine rings is 1. The quantitative estimate of drug-likeness (QED) is 0.928. The van der Waals surface area contributed by atoms with Crippen molar-refractivity contribution < 1.29 is 9.59 Å². The highest BCUT2D eigenvalue weighted by Crippen LogP contribution is 2.21. The molecular weight excluding hydrogens is 322 g/mol. The Balaban J connectivity index is 1.64. The third kappa shape index (κ3) is 3.82. The topological polar surface area (TPSA) is 62.3 Å². The van der Waals surface area contributed by atoms with E-state index in [9.17, 15) is 9.59 Å². The molecule has 2 aromatic rings. The number of thiazole rings is 1. The number of aryl methyl sites for hydroxylation is 2. The van der Waals surface area contributed by atoms with E-state index in [1.165, 1.54) is 11.3 Å². The number of carbonyl (C=O) groups is 2.